The predicted octanol–water partition coefficient (Wildman–Crippen LogP) is 2.73. The highest BCUT2D eigenvalue weighted by atomic mass is 127. The summed E-state index contributed by atoms with van der Waals surface area (Å²) >= 11 is 5.55. The van der Waals surface area contributed by atoms with Crippen LogP contribution in [0.25, 0.3) is 0 Å². The second-order valence-corrected chi connectivity index (χ2v) is 9.56. The van der Waals surface area contributed by atoms with Gasteiger partial charge in [-0.05, 0) is 59.7 Å². The summed E-state index contributed by atoms with van der Waals surface area (Å²) in [5.41, 5.74) is 0.582. The molecule has 0 radical (unpaired) electrons. The summed E-state index contributed by atoms with van der Waals surface area (Å²) in [5.74, 6) is 7.39. The highest BCUT2D eigenvalue weighted by molar-refractivity contribution is 14.1. The Bertz CT molecular complexity index is 382. The minimum Gasteiger partial charge on any atom is -0.396 e. The molecule has 0 aromatic rings. The smallest absolute Gasteiger partial charge is 0.0436 e. The van der Waals surface area contributed by atoms with Gasteiger partial charge in [-0.2, -0.15) is 0 Å². The van der Waals surface area contributed by atoms with E-state index in [-0.39, 0.29) is 0 Å². The van der Waals surface area contributed by atoms with Crippen molar-refractivity contribution < 1.29 is 5.11 Å². The van der Waals surface area contributed by atoms with Gasteiger partial charge in [0.05, 0.1) is 0 Å². The van der Waals surface area contributed by atoms with Crippen molar-refractivity contribution in [3.05, 3.63) is 0 Å². The molecule has 1 N–H and O–H groups in total. The van der Waals surface area contributed by atoms with Crippen molar-refractivity contribution in [2.45, 2.75) is 20.7 Å². The Morgan fingerprint density at radius 3 is 2.62 bits per heavy atom. The Labute approximate surface area is 123 Å². The summed E-state index contributed by atoms with van der Waals surface area (Å²) in [7, 11) is 0. The molecular formula is C13H16I2O. The van der Waals surface area contributed by atoms with E-state index in [2.05, 4.69) is 45.2 Å². The lowest BCUT2D eigenvalue weighted by Crippen LogP contribution is -2.40. The van der Waals surface area contributed by atoms with Gasteiger partial charge in [-0.15, -0.1) is 0 Å². The van der Waals surface area contributed by atoms with Crippen LogP contribution in [0.1, 0.15) is 12.8 Å². The Balaban J connectivity index is 1.76. The molecule has 6 rings (SSSR count). The van der Waals surface area contributed by atoms with Gasteiger partial charge in [0.25, 0.3) is 0 Å². The van der Waals surface area contributed by atoms with Crippen molar-refractivity contribution in [2.24, 2.45) is 46.8 Å². The summed E-state index contributed by atoms with van der Waals surface area (Å²) in [4.78, 5) is 0. The number of alkyl halides is 2. The van der Waals surface area contributed by atoms with Crippen LogP contribution in [0, 0.1) is 46.8 Å². The van der Waals surface area contributed by atoms with E-state index in [9.17, 15) is 5.11 Å². The zero-order valence-corrected chi connectivity index (χ0v) is 13.3. The first kappa shape index (κ1) is 10.2. The van der Waals surface area contributed by atoms with Gasteiger partial charge in [-0.25, -0.2) is 0 Å². The van der Waals surface area contributed by atoms with Crippen molar-refractivity contribution in [2.75, 3.05) is 6.61 Å². The zero-order chi connectivity index (χ0) is 10.8. The second kappa shape index (κ2) is 2.79. The molecule has 6 bridgehead atoms. The van der Waals surface area contributed by atoms with Crippen LogP contribution < -0.4 is 0 Å². The van der Waals surface area contributed by atoms with Crippen molar-refractivity contribution >= 4 is 45.2 Å². The number of hydrogen-bond donors (Lipinski definition) is 1. The van der Waals surface area contributed by atoms with E-state index < -0.39 is 0 Å². The van der Waals surface area contributed by atoms with Gasteiger partial charge in [0, 0.05) is 14.5 Å². The molecule has 10 unspecified atom stereocenters. The third kappa shape index (κ3) is 0.705. The first-order valence-corrected chi connectivity index (χ1v) is 9.11. The number of aliphatic hydroxyl groups is 1. The topological polar surface area (TPSA) is 20.2 Å². The van der Waals surface area contributed by atoms with Crippen LogP contribution in [-0.2, 0) is 0 Å². The lowest BCUT2D eigenvalue weighted by molar-refractivity contribution is 0.0361. The maximum Gasteiger partial charge on any atom is 0.0436 e. The van der Waals surface area contributed by atoms with Crippen molar-refractivity contribution in [1.29, 1.82) is 0 Å². The largest absolute Gasteiger partial charge is 0.396 e. The summed E-state index contributed by atoms with van der Waals surface area (Å²) in [5, 5.41) is 9.50. The Morgan fingerprint density at radius 2 is 1.88 bits per heavy atom. The van der Waals surface area contributed by atoms with Crippen molar-refractivity contribution in [3.63, 3.8) is 0 Å². The molecule has 88 valence electrons. The molecule has 0 aromatic carbocycles. The monoisotopic (exact) mass is 442 g/mol. The van der Waals surface area contributed by atoms with Crippen LogP contribution in [0.4, 0.5) is 0 Å². The average Bonchev–Trinajstić information content (AvgIpc) is 2.95. The van der Waals surface area contributed by atoms with Crippen LogP contribution in [-0.4, -0.2) is 19.6 Å². The number of hydrogen-bond acceptors (Lipinski definition) is 1. The summed E-state index contributed by atoms with van der Waals surface area (Å²) < 4.78 is 1.86. The molecule has 6 aliphatic carbocycles. The van der Waals surface area contributed by atoms with Gasteiger partial charge in [0.2, 0.25) is 0 Å². The fourth-order valence-corrected chi connectivity index (χ4v) is 11.7. The van der Waals surface area contributed by atoms with E-state index >= 15 is 0 Å². The van der Waals surface area contributed by atoms with Crippen molar-refractivity contribution in [3.8, 4) is 0 Å². The first-order chi connectivity index (χ1) is 7.73. The molecule has 6 fully saturated rings. The lowest BCUT2D eigenvalue weighted by atomic mass is 9.62. The molecule has 0 aromatic heterocycles. The standard InChI is InChI=1S/C13H16I2O/c14-11-8-4-3-5-7-6(4)10(11)13(1-2-16,9(5)8)12(7)15/h4-12,16H,1-3H2. The zero-order valence-electron chi connectivity index (χ0n) is 9.02. The SMILES string of the molecule is OCCC12C(I)C3C4CC5C3C1C(I)C5C42. The van der Waals surface area contributed by atoms with Crippen LogP contribution in [0.3, 0.4) is 0 Å². The molecule has 0 spiro atoms. The van der Waals surface area contributed by atoms with Gasteiger partial charge in [0.1, 0.15) is 0 Å². The summed E-state index contributed by atoms with van der Waals surface area (Å²) in [6, 6.07) is 0. The quantitative estimate of drug-likeness (QED) is 0.516. The van der Waals surface area contributed by atoms with Gasteiger partial charge in [-0.3, -0.25) is 0 Å². The molecular weight excluding hydrogens is 426 g/mol. The van der Waals surface area contributed by atoms with E-state index in [0.717, 1.165) is 55.7 Å². The van der Waals surface area contributed by atoms with Gasteiger partial charge < -0.3 is 5.11 Å². The van der Waals surface area contributed by atoms with Gasteiger partial charge in [0.15, 0.2) is 0 Å². The molecule has 16 heavy (non-hydrogen) atoms. The third-order valence-corrected chi connectivity index (χ3v) is 10.7. The normalized spacial score (nSPS) is 76.3. The van der Waals surface area contributed by atoms with Crippen LogP contribution >= 0.6 is 45.2 Å². The predicted molar refractivity (Wildman–Crippen MR) is 78.8 cm³/mol. The van der Waals surface area contributed by atoms with Gasteiger partial charge >= 0.3 is 0 Å². The van der Waals surface area contributed by atoms with E-state index in [1.807, 2.05) is 0 Å². The van der Waals surface area contributed by atoms with Gasteiger partial charge in [-0.1, -0.05) is 45.2 Å². The molecule has 6 aliphatic rings. The maximum absolute atomic E-state index is 9.50. The summed E-state index contributed by atoms with van der Waals surface area (Å²) in [6.45, 7) is 0.430. The second-order valence-electron chi connectivity index (χ2n) is 6.78. The molecule has 10 atom stereocenters. The molecule has 0 amide bonds. The Kier molecular flexibility index (Phi) is 1.78. The van der Waals surface area contributed by atoms with Crippen LogP contribution in [0.15, 0.2) is 0 Å². The third-order valence-electron chi connectivity index (χ3n) is 7.11. The minimum atomic E-state index is 0.430. The Hall–Kier alpha value is 1.42. The summed E-state index contributed by atoms with van der Waals surface area (Å²) in [6.07, 6.45) is 2.68. The van der Waals surface area contributed by atoms with E-state index in [1.165, 1.54) is 0 Å². The molecule has 0 aliphatic heterocycles. The highest BCUT2D eigenvalue weighted by Gasteiger charge is 2.87. The molecule has 0 saturated heterocycles. The van der Waals surface area contributed by atoms with Crippen LogP contribution in [0.5, 0.6) is 0 Å². The number of rotatable bonds is 2. The number of halogens is 2. The Morgan fingerprint density at radius 1 is 1.06 bits per heavy atom. The van der Waals surface area contributed by atoms with E-state index in [4.69, 9.17) is 0 Å². The van der Waals surface area contributed by atoms with E-state index in [1.54, 1.807) is 6.42 Å². The van der Waals surface area contributed by atoms with Crippen LogP contribution in [0.2, 0.25) is 0 Å². The maximum atomic E-state index is 9.50. The molecule has 3 heteroatoms. The van der Waals surface area contributed by atoms with Crippen molar-refractivity contribution in [1.82, 2.24) is 0 Å². The lowest BCUT2D eigenvalue weighted by Gasteiger charge is -2.42. The average molecular weight is 442 g/mol. The van der Waals surface area contributed by atoms with E-state index in [0.29, 0.717) is 12.0 Å². The molecule has 0 heterocycles. The number of aliphatic hydroxyl groups excluding tert-OH is 1. The first-order valence-electron chi connectivity index (χ1n) is 6.62. The fourth-order valence-electron chi connectivity index (χ4n) is 7.38. The molecule has 1 nitrogen and oxygen atoms in total. The molecule has 6 saturated carbocycles. The highest BCUT2D eigenvalue weighted by Crippen LogP contribution is 2.89. The minimum absolute atomic E-state index is 0.430. The fraction of sp³-hybridized carbons (Fsp3) is 1.00.